The summed E-state index contributed by atoms with van der Waals surface area (Å²) in [5, 5.41) is 8.70. The van der Waals surface area contributed by atoms with Crippen LogP contribution in [0.25, 0.3) is 0 Å². The van der Waals surface area contributed by atoms with Crippen LogP contribution in [0.1, 0.15) is 41.5 Å². The Morgan fingerprint density at radius 2 is 1.45 bits per heavy atom. The first-order valence-electron chi connectivity index (χ1n) is 9.80. The lowest BCUT2D eigenvalue weighted by molar-refractivity contribution is 0.0162. The van der Waals surface area contributed by atoms with Crippen LogP contribution in [0.3, 0.4) is 0 Å². The molecule has 2 aliphatic rings. The van der Waals surface area contributed by atoms with Gasteiger partial charge in [-0.25, -0.2) is 9.59 Å². The molecule has 8 nitrogen and oxygen atoms in total. The molecule has 0 spiro atoms. The number of carbonyl (C=O) groups excluding carboxylic acids is 2. The molecule has 0 aromatic carbocycles. The maximum absolute atomic E-state index is 11.8. The van der Waals surface area contributed by atoms with Crippen molar-refractivity contribution in [3.63, 3.8) is 0 Å². The van der Waals surface area contributed by atoms with Crippen LogP contribution in [0.5, 0.6) is 0 Å². The average Bonchev–Trinajstić information content (AvgIpc) is 3.20. The van der Waals surface area contributed by atoms with Gasteiger partial charge in [0.05, 0.1) is 30.7 Å². The SMILES string of the molecule is CC(C)(C)OC(=O)N1CC(Br)C(OCCO)C1.CC(C)(C)OC(=O)N1CC=CC1. The van der Waals surface area contributed by atoms with E-state index in [4.69, 9.17) is 19.3 Å². The van der Waals surface area contributed by atoms with Gasteiger partial charge in [-0.3, -0.25) is 0 Å². The Balaban J connectivity index is 0.000000308. The quantitative estimate of drug-likeness (QED) is 0.494. The molecule has 2 rings (SSSR count). The fourth-order valence-corrected chi connectivity index (χ4v) is 3.19. The molecular weight excluding hydrogens is 444 g/mol. The second kappa shape index (κ2) is 11.2. The van der Waals surface area contributed by atoms with Crippen LogP contribution >= 0.6 is 15.9 Å². The number of nitrogens with zero attached hydrogens (tertiary/aromatic N) is 2. The number of aliphatic hydroxyl groups is 1. The van der Waals surface area contributed by atoms with E-state index in [9.17, 15) is 9.59 Å². The van der Waals surface area contributed by atoms with E-state index in [0.717, 1.165) is 0 Å². The van der Waals surface area contributed by atoms with Gasteiger partial charge >= 0.3 is 12.2 Å². The molecule has 168 valence electrons. The molecule has 2 amide bonds. The van der Waals surface area contributed by atoms with Crippen molar-refractivity contribution >= 4 is 28.1 Å². The van der Waals surface area contributed by atoms with Crippen molar-refractivity contribution in [2.75, 3.05) is 39.4 Å². The fraction of sp³-hybridized carbons (Fsp3) is 0.800. The van der Waals surface area contributed by atoms with Crippen LogP contribution in [0, 0.1) is 0 Å². The van der Waals surface area contributed by atoms with Crippen LogP contribution < -0.4 is 0 Å². The van der Waals surface area contributed by atoms with Crippen molar-refractivity contribution in [3.8, 4) is 0 Å². The number of hydrogen-bond acceptors (Lipinski definition) is 6. The molecule has 9 heteroatoms. The van der Waals surface area contributed by atoms with Crippen molar-refractivity contribution in [2.45, 2.75) is 63.7 Å². The van der Waals surface area contributed by atoms with Crippen LogP contribution in [0.4, 0.5) is 9.59 Å². The van der Waals surface area contributed by atoms with E-state index in [1.807, 2.05) is 53.7 Å². The summed E-state index contributed by atoms with van der Waals surface area (Å²) in [6.07, 6.45) is 3.28. The van der Waals surface area contributed by atoms with Crippen LogP contribution in [-0.2, 0) is 14.2 Å². The van der Waals surface area contributed by atoms with Crippen molar-refractivity contribution in [2.24, 2.45) is 0 Å². The maximum Gasteiger partial charge on any atom is 0.410 e. The van der Waals surface area contributed by atoms with Crippen molar-refractivity contribution < 1.29 is 28.9 Å². The van der Waals surface area contributed by atoms with E-state index in [1.54, 1.807) is 9.80 Å². The topological polar surface area (TPSA) is 88.5 Å². The van der Waals surface area contributed by atoms with Gasteiger partial charge in [0.25, 0.3) is 0 Å². The zero-order valence-electron chi connectivity index (χ0n) is 18.3. The van der Waals surface area contributed by atoms with E-state index in [-0.39, 0.29) is 41.9 Å². The van der Waals surface area contributed by atoms with E-state index in [2.05, 4.69) is 15.9 Å². The predicted molar refractivity (Wildman–Crippen MR) is 114 cm³/mol. The highest BCUT2D eigenvalue weighted by molar-refractivity contribution is 9.09. The summed E-state index contributed by atoms with van der Waals surface area (Å²) >= 11 is 3.47. The summed E-state index contributed by atoms with van der Waals surface area (Å²) in [6.45, 7) is 13.8. The first kappa shape index (κ1) is 25.7. The predicted octanol–water partition coefficient (Wildman–Crippen LogP) is 3.17. The Morgan fingerprint density at radius 1 is 0.966 bits per heavy atom. The van der Waals surface area contributed by atoms with Crippen LogP contribution in [-0.4, -0.2) is 88.6 Å². The van der Waals surface area contributed by atoms with Gasteiger partial charge in [0, 0.05) is 19.6 Å². The minimum absolute atomic E-state index is 0.0113. The van der Waals surface area contributed by atoms with Gasteiger partial charge in [-0.2, -0.15) is 0 Å². The molecule has 1 saturated heterocycles. The van der Waals surface area contributed by atoms with Crippen LogP contribution in [0.2, 0.25) is 0 Å². The second-order valence-electron chi connectivity index (χ2n) is 8.89. The number of aliphatic hydroxyl groups excluding tert-OH is 1. The number of halogens is 1. The molecule has 2 heterocycles. The molecular formula is C20H35BrN2O6. The molecule has 0 bridgehead atoms. The van der Waals surface area contributed by atoms with Crippen molar-refractivity contribution in [1.82, 2.24) is 9.80 Å². The van der Waals surface area contributed by atoms with Gasteiger partial charge in [0.1, 0.15) is 11.2 Å². The Bertz CT molecular complexity index is 562. The monoisotopic (exact) mass is 478 g/mol. The smallest absolute Gasteiger partial charge is 0.410 e. The summed E-state index contributed by atoms with van der Waals surface area (Å²) in [7, 11) is 0. The molecule has 1 fully saturated rings. The number of hydrogen-bond donors (Lipinski definition) is 1. The number of carbonyl (C=O) groups is 2. The Hall–Kier alpha value is -1.32. The van der Waals surface area contributed by atoms with Crippen LogP contribution in [0.15, 0.2) is 12.2 Å². The highest BCUT2D eigenvalue weighted by Crippen LogP contribution is 2.22. The van der Waals surface area contributed by atoms with E-state index in [1.165, 1.54) is 0 Å². The lowest BCUT2D eigenvalue weighted by Gasteiger charge is -2.24. The van der Waals surface area contributed by atoms with E-state index < -0.39 is 5.60 Å². The van der Waals surface area contributed by atoms with Gasteiger partial charge in [-0.1, -0.05) is 28.1 Å². The van der Waals surface area contributed by atoms with Gasteiger partial charge < -0.3 is 29.1 Å². The molecule has 0 aliphatic carbocycles. The summed E-state index contributed by atoms with van der Waals surface area (Å²) in [5.41, 5.74) is -0.872. The minimum atomic E-state index is -0.483. The Morgan fingerprint density at radius 3 is 1.90 bits per heavy atom. The van der Waals surface area contributed by atoms with Crippen molar-refractivity contribution in [3.05, 3.63) is 12.2 Å². The first-order chi connectivity index (χ1) is 13.3. The molecule has 0 aromatic heterocycles. The third-order valence-electron chi connectivity index (χ3n) is 3.74. The van der Waals surface area contributed by atoms with Gasteiger partial charge in [-0.15, -0.1) is 0 Å². The standard InChI is InChI=1S/C11H20BrNO4.C9H15NO2/c1-11(2,3)17-10(15)13-6-8(12)9(7-13)16-5-4-14;1-9(2,3)12-8(11)10-6-4-5-7-10/h8-9,14H,4-7H2,1-3H3;4-5H,6-7H2,1-3H3. The summed E-state index contributed by atoms with van der Waals surface area (Å²) in [6, 6.07) is 0. The van der Waals surface area contributed by atoms with Crippen molar-refractivity contribution in [1.29, 1.82) is 0 Å². The Kier molecular flexibility index (Phi) is 9.91. The normalized spacial score (nSPS) is 21.7. The lowest BCUT2D eigenvalue weighted by Crippen LogP contribution is -2.36. The average molecular weight is 479 g/mol. The highest BCUT2D eigenvalue weighted by atomic mass is 79.9. The number of amides is 2. The van der Waals surface area contributed by atoms with Gasteiger partial charge in [0.15, 0.2) is 0 Å². The number of ether oxygens (including phenoxy) is 3. The fourth-order valence-electron chi connectivity index (χ4n) is 2.52. The third kappa shape index (κ3) is 10.3. The lowest BCUT2D eigenvalue weighted by atomic mass is 10.2. The molecule has 1 N–H and O–H groups in total. The highest BCUT2D eigenvalue weighted by Gasteiger charge is 2.36. The van der Waals surface area contributed by atoms with E-state index >= 15 is 0 Å². The molecule has 2 aliphatic heterocycles. The third-order valence-corrected chi connectivity index (χ3v) is 4.62. The Labute approximate surface area is 182 Å². The van der Waals surface area contributed by atoms with Gasteiger partial charge in [-0.05, 0) is 41.5 Å². The zero-order chi connectivity index (χ0) is 22.2. The molecule has 0 radical (unpaired) electrons. The minimum Gasteiger partial charge on any atom is -0.444 e. The summed E-state index contributed by atoms with van der Waals surface area (Å²) < 4.78 is 15.9. The number of alkyl halides is 1. The summed E-state index contributed by atoms with van der Waals surface area (Å²) in [5.74, 6) is 0. The molecule has 2 atom stereocenters. The number of likely N-dealkylation sites (tertiary alicyclic amines) is 1. The van der Waals surface area contributed by atoms with E-state index in [0.29, 0.717) is 26.2 Å². The molecule has 2 unspecified atom stereocenters. The largest absolute Gasteiger partial charge is 0.444 e. The molecule has 29 heavy (non-hydrogen) atoms. The molecule has 0 aromatic rings. The summed E-state index contributed by atoms with van der Waals surface area (Å²) in [4.78, 5) is 26.5. The number of rotatable bonds is 3. The first-order valence-corrected chi connectivity index (χ1v) is 10.7. The molecule has 0 saturated carbocycles. The van der Waals surface area contributed by atoms with Gasteiger partial charge in [0.2, 0.25) is 0 Å². The second-order valence-corrected chi connectivity index (χ2v) is 10.1. The zero-order valence-corrected chi connectivity index (χ0v) is 19.9. The maximum atomic E-state index is 11.8.